The van der Waals surface area contributed by atoms with Gasteiger partial charge in [0.05, 0.1) is 7.11 Å². The zero-order valence-electron chi connectivity index (χ0n) is 14.0. The Balaban J connectivity index is 1.47. The van der Waals surface area contributed by atoms with Crippen molar-refractivity contribution >= 4 is 0 Å². The minimum Gasteiger partial charge on any atom is -0.497 e. The van der Waals surface area contributed by atoms with Crippen LogP contribution in [0.4, 0.5) is 0 Å². The van der Waals surface area contributed by atoms with Gasteiger partial charge < -0.3 is 9.64 Å². The van der Waals surface area contributed by atoms with Crippen molar-refractivity contribution in [2.45, 2.75) is 25.4 Å². The summed E-state index contributed by atoms with van der Waals surface area (Å²) in [5.74, 6) is 0.963. The molecule has 0 aromatic heterocycles. The highest BCUT2D eigenvalue weighted by Gasteiger charge is 2.26. The Labute approximate surface area is 134 Å². The van der Waals surface area contributed by atoms with Gasteiger partial charge in [-0.2, -0.15) is 0 Å². The summed E-state index contributed by atoms with van der Waals surface area (Å²) in [7, 11) is 3.97. The van der Waals surface area contributed by atoms with Crippen LogP contribution in [-0.4, -0.2) is 74.2 Å². The Morgan fingerprint density at radius 2 is 1.77 bits per heavy atom. The van der Waals surface area contributed by atoms with Crippen LogP contribution in [0.3, 0.4) is 0 Å². The van der Waals surface area contributed by atoms with E-state index in [2.05, 4.69) is 39.9 Å². The third-order valence-electron chi connectivity index (χ3n) is 5.15. The van der Waals surface area contributed by atoms with E-state index in [-0.39, 0.29) is 0 Å². The molecule has 0 unspecified atom stereocenters. The van der Waals surface area contributed by atoms with Crippen LogP contribution < -0.4 is 4.74 Å². The molecule has 4 heteroatoms. The summed E-state index contributed by atoms with van der Waals surface area (Å²) in [6.07, 6.45) is 2.63. The molecule has 2 fully saturated rings. The second-order valence-electron chi connectivity index (χ2n) is 6.70. The number of hydrogen-bond donors (Lipinski definition) is 0. The first-order valence-corrected chi connectivity index (χ1v) is 8.52. The maximum absolute atomic E-state index is 5.32. The quantitative estimate of drug-likeness (QED) is 0.846. The first-order valence-electron chi connectivity index (χ1n) is 8.52. The molecule has 2 aliphatic heterocycles. The predicted molar refractivity (Wildman–Crippen MR) is 90.4 cm³/mol. The normalized spacial score (nSPS) is 22.8. The van der Waals surface area contributed by atoms with Crippen LogP contribution in [0.5, 0.6) is 5.75 Å². The van der Waals surface area contributed by atoms with Crippen LogP contribution in [0.25, 0.3) is 0 Å². The minimum absolute atomic E-state index is 0.801. The van der Waals surface area contributed by atoms with Gasteiger partial charge in [0.2, 0.25) is 0 Å². The zero-order valence-corrected chi connectivity index (χ0v) is 14.0. The predicted octanol–water partition coefficient (Wildman–Crippen LogP) is 1.91. The largest absolute Gasteiger partial charge is 0.497 e. The third kappa shape index (κ3) is 4.00. The van der Waals surface area contributed by atoms with Gasteiger partial charge in [-0.15, -0.1) is 0 Å². The molecule has 4 nitrogen and oxygen atoms in total. The molecule has 3 rings (SSSR count). The molecule has 0 aliphatic carbocycles. The molecule has 22 heavy (non-hydrogen) atoms. The molecule has 1 aromatic rings. The van der Waals surface area contributed by atoms with Gasteiger partial charge in [-0.1, -0.05) is 12.1 Å². The second kappa shape index (κ2) is 7.44. The molecule has 122 valence electrons. The Bertz CT molecular complexity index is 463. The van der Waals surface area contributed by atoms with Crippen molar-refractivity contribution in [1.82, 2.24) is 14.7 Å². The number of methoxy groups -OCH3 is 1. The number of ether oxygens (including phenoxy) is 1. The summed E-state index contributed by atoms with van der Waals surface area (Å²) >= 11 is 0. The second-order valence-corrected chi connectivity index (χ2v) is 6.70. The van der Waals surface area contributed by atoms with Crippen molar-refractivity contribution in [3.8, 4) is 5.75 Å². The summed E-state index contributed by atoms with van der Waals surface area (Å²) in [4.78, 5) is 7.73. The highest BCUT2D eigenvalue weighted by atomic mass is 16.5. The molecule has 0 bridgehead atoms. The maximum atomic E-state index is 5.32. The Kier molecular flexibility index (Phi) is 5.34. The highest BCUT2D eigenvalue weighted by Crippen LogP contribution is 2.21. The number of rotatable bonds is 4. The van der Waals surface area contributed by atoms with Crippen LogP contribution >= 0.6 is 0 Å². The molecule has 0 saturated carbocycles. The SMILES string of the molecule is COc1cccc(CN2CCC(N3CCN(C)CC3)CC2)c1. The van der Waals surface area contributed by atoms with Crippen molar-refractivity contribution in [3.05, 3.63) is 29.8 Å². The molecule has 2 heterocycles. The maximum Gasteiger partial charge on any atom is 0.119 e. The fourth-order valence-electron chi connectivity index (χ4n) is 3.66. The van der Waals surface area contributed by atoms with Gasteiger partial charge >= 0.3 is 0 Å². The van der Waals surface area contributed by atoms with Gasteiger partial charge in [-0.25, -0.2) is 0 Å². The molecule has 0 atom stereocenters. The van der Waals surface area contributed by atoms with E-state index in [9.17, 15) is 0 Å². The summed E-state index contributed by atoms with van der Waals surface area (Å²) in [5.41, 5.74) is 1.36. The van der Waals surface area contributed by atoms with Crippen molar-refractivity contribution in [1.29, 1.82) is 0 Å². The van der Waals surface area contributed by atoms with Gasteiger partial charge in [0.15, 0.2) is 0 Å². The molecule has 0 radical (unpaired) electrons. The van der Waals surface area contributed by atoms with Crippen LogP contribution in [0.15, 0.2) is 24.3 Å². The summed E-state index contributed by atoms with van der Waals surface area (Å²) in [6, 6.07) is 9.27. The standard InChI is InChI=1S/C18H29N3O/c1-19-10-12-21(13-11-19)17-6-8-20(9-7-17)15-16-4-3-5-18(14-16)22-2/h3-5,14,17H,6-13,15H2,1-2H3. The van der Waals surface area contributed by atoms with Crippen molar-refractivity contribution in [3.63, 3.8) is 0 Å². The Morgan fingerprint density at radius 1 is 1.05 bits per heavy atom. The number of nitrogens with zero attached hydrogens (tertiary/aromatic N) is 3. The fraction of sp³-hybridized carbons (Fsp3) is 0.667. The Morgan fingerprint density at radius 3 is 2.45 bits per heavy atom. The Hall–Kier alpha value is -1.10. The lowest BCUT2D eigenvalue weighted by molar-refractivity contribution is 0.0657. The van der Waals surface area contributed by atoms with E-state index in [1.807, 2.05) is 6.07 Å². The van der Waals surface area contributed by atoms with E-state index in [0.29, 0.717) is 0 Å². The summed E-state index contributed by atoms with van der Waals surface area (Å²) in [5, 5.41) is 0. The number of likely N-dealkylation sites (tertiary alicyclic amines) is 1. The van der Waals surface area contributed by atoms with E-state index in [4.69, 9.17) is 4.74 Å². The summed E-state index contributed by atoms with van der Waals surface area (Å²) in [6.45, 7) is 8.43. The molecule has 0 spiro atoms. The molecule has 2 saturated heterocycles. The van der Waals surface area contributed by atoms with E-state index < -0.39 is 0 Å². The molecular formula is C18H29N3O. The molecule has 0 N–H and O–H groups in total. The van der Waals surface area contributed by atoms with Crippen LogP contribution in [0.1, 0.15) is 18.4 Å². The minimum atomic E-state index is 0.801. The lowest BCUT2D eigenvalue weighted by atomic mass is 10.0. The van der Waals surface area contributed by atoms with Gasteiger partial charge in [0.1, 0.15) is 5.75 Å². The van der Waals surface area contributed by atoms with Crippen LogP contribution in [0.2, 0.25) is 0 Å². The molecule has 2 aliphatic rings. The smallest absolute Gasteiger partial charge is 0.119 e. The van der Waals surface area contributed by atoms with E-state index in [1.165, 1.54) is 57.7 Å². The van der Waals surface area contributed by atoms with Gasteiger partial charge in [0, 0.05) is 38.8 Å². The van der Waals surface area contributed by atoms with Crippen molar-refractivity contribution in [2.75, 3.05) is 53.4 Å². The number of likely N-dealkylation sites (N-methyl/N-ethyl adjacent to an activating group) is 1. The lowest BCUT2D eigenvalue weighted by Crippen LogP contribution is -2.52. The first kappa shape index (κ1) is 15.8. The highest BCUT2D eigenvalue weighted by molar-refractivity contribution is 5.28. The van der Waals surface area contributed by atoms with Gasteiger partial charge in [-0.05, 0) is 50.7 Å². The van der Waals surface area contributed by atoms with Crippen molar-refractivity contribution in [2.24, 2.45) is 0 Å². The molecule has 0 amide bonds. The first-order chi connectivity index (χ1) is 10.7. The fourth-order valence-corrected chi connectivity index (χ4v) is 3.66. The van der Waals surface area contributed by atoms with Crippen LogP contribution in [-0.2, 0) is 6.54 Å². The average molecular weight is 303 g/mol. The van der Waals surface area contributed by atoms with E-state index >= 15 is 0 Å². The molecule has 1 aromatic carbocycles. The summed E-state index contributed by atoms with van der Waals surface area (Å²) < 4.78 is 5.32. The van der Waals surface area contributed by atoms with Gasteiger partial charge in [-0.3, -0.25) is 9.80 Å². The number of piperazine rings is 1. The number of benzene rings is 1. The third-order valence-corrected chi connectivity index (χ3v) is 5.15. The zero-order chi connectivity index (χ0) is 15.4. The monoisotopic (exact) mass is 303 g/mol. The van der Waals surface area contributed by atoms with Crippen molar-refractivity contribution < 1.29 is 4.74 Å². The van der Waals surface area contributed by atoms with E-state index in [0.717, 1.165) is 18.3 Å². The van der Waals surface area contributed by atoms with Crippen LogP contribution in [0, 0.1) is 0 Å². The molecular weight excluding hydrogens is 274 g/mol. The number of piperidine rings is 1. The average Bonchev–Trinajstić information content (AvgIpc) is 2.57. The topological polar surface area (TPSA) is 19.0 Å². The lowest BCUT2D eigenvalue weighted by Gasteiger charge is -2.42. The van der Waals surface area contributed by atoms with Gasteiger partial charge in [0.25, 0.3) is 0 Å². The van der Waals surface area contributed by atoms with E-state index in [1.54, 1.807) is 7.11 Å². The number of hydrogen-bond acceptors (Lipinski definition) is 4.